The summed E-state index contributed by atoms with van der Waals surface area (Å²) in [5, 5.41) is 0. The van der Waals surface area contributed by atoms with Crippen LogP contribution in [0.15, 0.2) is 96.1 Å². The monoisotopic (exact) mass is 474 g/mol. The second-order valence-electron chi connectivity index (χ2n) is 8.90. The quantitative estimate of drug-likeness (QED) is 0.129. The van der Waals surface area contributed by atoms with Crippen LogP contribution in [0.25, 0.3) is 0 Å². The summed E-state index contributed by atoms with van der Waals surface area (Å²) < 4.78 is 5.84. The zero-order valence-electron chi connectivity index (χ0n) is 20.7. The van der Waals surface area contributed by atoms with Gasteiger partial charge in [-0.1, -0.05) is 72.3 Å². The number of ether oxygens (including phenoxy) is 1. The molecule has 2 aromatic carbocycles. The van der Waals surface area contributed by atoms with Crippen LogP contribution in [0.2, 0.25) is 0 Å². The summed E-state index contributed by atoms with van der Waals surface area (Å²) in [7, 11) is 0. The Morgan fingerprint density at radius 3 is 2.23 bits per heavy atom. The van der Waals surface area contributed by atoms with E-state index in [0.29, 0.717) is 18.6 Å². The molecule has 5 nitrogen and oxygen atoms in total. The lowest BCUT2D eigenvalue weighted by molar-refractivity contribution is -0.320. The molecule has 0 saturated carbocycles. The summed E-state index contributed by atoms with van der Waals surface area (Å²) in [5.41, 5.74) is 4.20. The molecule has 1 aliphatic carbocycles. The van der Waals surface area contributed by atoms with Gasteiger partial charge >= 0.3 is 5.97 Å². The van der Waals surface area contributed by atoms with E-state index in [-0.39, 0.29) is 30.7 Å². The second kappa shape index (κ2) is 13.0. The van der Waals surface area contributed by atoms with Crippen LogP contribution in [0.5, 0.6) is 0 Å². The van der Waals surface area contributed by atoms with Gasteiger partial charge in [0.05, 0.1) is 6.61 Å². The van der Waals surface area contributed by atoms with E-state index in [1.54, 1.807) is 13.0 Å². The predicted molar refractivity (Wildman–Crippen MR) is 137 cm³/mol. The molecule has 2 aromatic rings. The lowest BCUT2D eigenvalue weighted by Crippen LogP contribution is -2.33. The van der Waals surface area contributed by atoms with Crippen molar-refractivity contribution < 1.29 is 24.1 Å². The van der Waals surface area contributed by atoms with Crippen molar-refractivity contribution in [2.24, 2.45) is 5.92 Å². The Morgan fingerprint density at radius 2 is 1.69 bits per heavy atom. The van der Waals surface area contributed by atoms with Crippen LogP contribution >= 0.6 is 0 Å². The van der Waals surface area contributed by atoms with Gasteiger partial charge in [-0.25, -0.2) is 9.78 Å². The topological polar surface area (TPSA) is 61.8 Å². The average molecular weight is 475 g/mol. The largest absolute Gasteiger partial charge is 0.460 e. The van der Waals surface area contributed by atoms with Gasteiger partial charge in [0.15, 0.2) is 5.78 Å². The number of Topliss-reactive ketones (excluding diaryl/α,β-unsaturated/α-hetero) is 1. The minimum atomic E-state index is -0.539. The van der Waals surface area contributed by atoms with Crippen molar-refractivity contribution >= 4 is 11.8 Å². The number of carbonyl (C=O) groups excluding carboxylic acids is 2. The number of ketones is 1. The summed E-state index contributed by atoms with van der Waals surface area (Å²) in [6.07, 6.45) is 4.20. The first-order valence-corrected chi connectivity index (χ1v) is 12.0. The van der Waals surface area contributed by atoms with Crippen molar-refractivity contribution in [3.63, 3.8) is 0 Å². The van der Waals surface area contributed by atoms with Crippen LogP contribution in [0.4, 0.5) is 0 Å². The third-order valence-corrected chi connectivity index (χ3v) is 6.18. The summed E-state index contributed by atoms with van der Waals surface area (Å²) >= 11 is 0. The van der Waals surface area contributed by atoms with Gasteiger partial charge in [0, 0.05) is 12.3 Å². The number of esters is 1. The minimum absolute atomic E-state index is 0.0499. The molecule has 0 aromatic heterocycles. The van der Waals surface area contributed by atoms with Crippen LogP contribution in [0.1, 0.15) is 50.7 Å². The lowest BCUT2D eigenvalue weighted by atomic mass is 9.82. The summed E-state index contributed by atoms with van der Waals surface area (Å²) in [4.78, 5) is 36.9. The van der Waals surface area contributed by atoms with Crippen LogP contribution < -0.4 is 0 Å². The number of hydrogen-bond donors (Lipinski definition) is 0. The Labute approximate surface area is 208 Å². The zero-order chi connectivity index (χ0) is 25.2. The van der Waals surface area contributed by atoms with Crippen LogP contribution in [0, 0.1) is 5.92 Å². The van der Waals surface area contributed by atoms with Gasteiger partial charge in [-0.3, -0.25) is 9.59 Å². The van der Waals surface area contributed by atoms with Crippen molar-refractivity contribution in [1.29, 1.82) is 0 Å². The zero-order valence-corrected chi connectivity index (χ0v) is 20.7. The summed E-state index contributed by atoms with van der Waals surface area (Å²) in [6.45, 7) is 9.91. The van der Waals surface area contributed by atoms with Crippen molar-refractivity contribution in [3.8, 4) is 0 Å². The Kier molecular flexibility index (Phi) is 9.76. The number of allylic oxidation sites excluding steroid dienone is 2. The lowest BCUT2D eigenvalue weighted by Gasteiger charge is -2.30. The molecule has 184 valence electrons. The molecular weight excluding hydrogens is 440 g/mol. The van der Waals surface area contributed by atoms with Crippen molar-refractivity contribution in [2.45, 2.75) is 45.6 Å². The van der Waals surface area contributed by atoms with E-state index in [4.69, 9.17) is 14.5 Å². The van der Waals surface area contributed by atoms with Crippen LogP contribution in [-0.4, -0.2) is 31.1 Å². The Balaban J connectivity index is 1.73. The minimum Gasteiger partial charge on any atom is -0.460 e. The van der Waals surface area contributed by atoms with Gasteiger partial charge in [0.2, 0.25) is 0 Å². The molecule has 0 bridgehead atoms. The molecule has 0 heterocycles. The third kappa shape index (κ3) is 7.35. The van der Waals surface area contributed by atoms with Crippen molar-refractivity contribution in [3.05, 3.63) is 107 Å². The second-order valence-corrected chi connectivity index (χ2v) is 8.90. The van der Waals surface area contributed by atoms with E-state index in [1.165, 1.54) is 0 Å². The van der Waals surface area contributed by atoms with Crippen molar-refractivity contribution in [2.75, 3.05) is 13.2 Å². The Morgan fingerprint density at radius 1 is 1.09 bits per heavy atom. The standard InChI is InChI=1S/C30H34O5/c1-5-23(26-19-27(31)22(4)18-28(26)35-34-17-16-21(2)3)20-33-30(32)29(24-12-8-6-9-13-24)25-14-10-7-11-15-25/h5-15,18,26,28-29H,2,16-17,19-20H2,1,3-4H3/b23-5-/t26?,28-/m1/s1. The molecule has 0 saturated heterocycles. The number of benzene rings is 2. The number of rotatable bonds is 11. The Bertz CT molecular complexity index is 1030. The number of carbonyl (C=O) groups is 2. The first-order valence-electron chi connectivity index (χ1n) is 12.0. The maximum absolute atomic E-state index is 13.3. The first-order chi connectivity index (χ1) is 16.9. The van der Waals surface area contributed by atoms with Crippen LogP contribution in [-0.2, 0) is 24.1 Å². The van der Waals surface area contributed by atoms with Gasteiger partial charge in [0.25, 0.3) is 0 Å². The highest BCUT2D eigenvalue weighted by atomic mass is 17.2. The Hall–Kier alpha value is -3.28. The van der Waals surface area contributed by atoms with Crippen LogP contribution in [0.3, 0.4) is 0 Å². The molecular formula is C30H34O5. The smallest absolute Gasteiger partial charge is 0.318 e. The molecule has 1 unspecified atom stereocenters. The van der Waals surface area contributed by atoms with Gasteiger partial charge in [-0.05, 0) is 55.5 Å². The third-order valence-electron chi connectivity index (χ3n) is 6.18. The fraction of sp³-hybridized carbons (Fsp3) is 0.333. The van der Waals surface area contributed by atoms with Gasteiger partial charge in [0.1, 0.15) is 18.6 Å². The molecule has 0 amide bonds. The predicted octanol–water partition coefficient (Wildman–Crippen LogP) is 6.13. The maximum atomic E-state index is 13.3. The van der Waals surface area contributed by atoms with E-state index in [0.717, 1.165) is 22.3 Å². The molecule has 0 radical (unpaired) electrons. The maximum Gasteiger partial charge on any atom is 0.318 e. The highest BCUT2D eigenvalue weighted by molar-refractivity contribution is 5.96. The normalized spacial score (nSPS) is 18.3. The molecule has 3 rings (SSSR count). The molecule has 0 spiro atoms. The van der Waals surface area contributed by atoms with Gasteiger partial charge in [-0.15, -0.1) is 6.58 Å². The SMILES string of the molecule is C=C(C)CCOO[C@@H]1C=C(C)C(=O)CC1/C(=C\C)COC(=O)C(c1ccccc1)c1ccccc1. The molecule has 0 fully saturated rings. The van der Waals surface area contributed by atoms with E-state index >= 15 is 0 Å². The van der Waals surface area contributed by atoms with Gasteiger partial charge < -0.3 is 4.74 Å². The number of hydrogen-bond acceptors (Lipinski definition) is 5. The van der Waals surface area contributed by atoms with E-state index in [1.807, 2.05) is 80.6 Å². The highest BCUT2D eigenvalue weighted by Gasteiger charge is 2.33. The molecule has 2 atom stereocenters. The molecule has 0 aliphatic heterocycles. The molecule has 1 aliphatic rings. The van der Waals surface area contributed by atoms with E-state index in [2.05, 4.69) is 6.58 Å². The van der Waals surface area contributed by atoms with Gasteiger partial charge in [-0.2, -0.15) is 0 Å². The molecule has 5 heteroatoms. The van der Waals surface area contributed by atoms with Crippen molar-refractivity contribution in [1.82, 2.24) is 0 Å². The van der Waals surface area contributed by atoms with E-state index < -0.39 is 12.0 Å². The average Bonchev–Trinajstić information content (AvgIpc) is 2.86. The first kappa shape index (κ1) is 26.3. The summed E-state index contributed by atoms with van der Waals surface area (Å²) in [5.74, 6) is -1.11. The summed E-state index contributed by atoms with van der Waals surface area (Å²) in [6, 6.07) is 19.2. The fourth-order valence-corrected chi connectivity index (χ4v) is 4.11. The highest BCUT2D eigenvalue weighted by Crippen LogP contribution is 2.31. The van der Waals surface area contributed by atoms with E-state index in [9.17, 15) is 9.59 Å². The molecule has 0 N–H and O–H groups in total. The molecule has 35 heavy (non-hydrogen) atoms. The fourth-order valence-electron chi connectivity index (χ4n) is 4.11.